The zero-order chi connectivity index (χ0) is 31.6. The lowest BCUT2D eigenvalue weighted by atomic mass is 9.86. The number of piperazine rings is 1. The van der Waals surface area contributed by atoms with E-state index in [1.54, 1.807) is 36.0 Å². The predicted molar refractivity (Wildman–Crippen MR) is 175 cm³/mol. The van der Waals surface area contributed by atoms with Crippen molar-refractivity contribution in [2.45, 2.75) is 51.7 Å². The molecule has 2 fully saturated rings. The first-order valence-electron chi connectivity index (χ1n) is 14.9. The van der Waals surface area contributed by atoms with Crippen molar-refractivity contribution in [2.75, 3.05) is 44.7 Å². The molecule has 12 heteroatoms. The predicted octanol–water partition coefficient (Wildman–Crippen LogP) is 6.29. The fourth-order valence-corrected chi connectivity index (χ4v) is 7.02. The summed E-state index contributed by atoms with van der Waals surface area (Å²) >= 11 is 14.1. The molecule has 2 aliphatic heterocycles. The molecule has 2 aromatic carbocycles. The van der Waals surface area contributed by atoms with Crippen molar-refractivity contribution in [2.24, 2.45) is 5.92 Å². The van der Waals surface area contributed by atoms with Gasteiger partial charge in [0.15, 0.2) is 0 Å². The van der Waals surface area contributed by atoms with E-state index < -0.39 is 11.4 Å². The number of nitrogens with zero attached hydrogens (tertiary/aromatic N) is 6. The molecule has 0 N–H and O–H groups in total. The van der Waals surface area contributed by atoms with Gasteiger partial charge in [0, 0.05) is 62.0 Å². The monoisotopic (exact) mass is 660 g/mol. The van der Waals surface area contributed by atoms with Crippen LogP contribution in [0.5, 0.6) is 0 Å². The third-order valence-corrected chi connectivity index (χ3v) is 10.3. The first-order chi connectivity index (χ1) is 21.0. The highest BCUT2D eigenvalue weighted by atomic mass is 35.5. The Bertz CT molecular complexity index is 1510. The van der Waals surface area contributed by atoms with Gasteiger partial charge in [0.25, 0.3) is 5.91 Å². The zero-order valence-electron chi connectivity index (χ0n) is 25.6. The van der Waals surface area contributed by atoms with Crippen LogP contribution in [0.1, 0.15) is 55.7 Å². The van der Waals surface area contributed by atoms with Crippen LogP contribution in [0.4, 0.5) is 4.39 Å². The molecular weight excluding hydrogens is 622 g/mol. The van der Waals surface area contributed by atoms with Crippen molar-refractivity contribution in [3.05, 3.63) is 69.7 Å². The molecule has 2 unspecified atom stereocenters. The topological polar surface area (TPSA) is 74.6 Å². The van der Waals surface area contributed by atoms with E-state index in [2.05, 4.69) is 29.1 Å². The maximum Gasteiger partial charge on any atom is 0.255 e. The highest BCUT2D eigenvalue weighted by Crippen LogP contribution is 2.37. The van der Waals surface area contributed by atoms with Gasteiger partial charge < -0.3 is 9.80 Å². The smallest absolute Gasteiger partial charge is 0.255 e. The molecule has 0 aliphatic carbocycles. The number of hydrogen-bond acceptors (Lipinski definition) is 6. The average Bonchev–Trinajstić information content (AvgIpc) is 3.46. The molecule has 1 aromatic heterocycles. The van der Waals surface area contributed by atoms with E-state index in [9.17, 15) is 14.0 Å². The van der Waals surface area contributed by atoms with E-state index in [0.29, 0.717) is 52.9 Å². The van der Waals surface area contributed by atoms with Crippen molar-refractivity contribution >= 4 is 46.8 Å². The summed E-state index contributed by atoms with van der Waals surface area (Å²) < 4.78 is 16.3. The average molecular weight is 662 g/mol. The van der Waals surface area contributed by atoms with Gasteiger partial charge >= 0.3 is 0 Å². The Morgan fingerprint density at radius 2 is 1.84 bits per heavy atom. The van der Waals surface area contributed by atoms with E-state index in [1.165, 1.54) is 12.1 Å². The molecule has 3 heterocycles. The van der Waals surface area contributed by atoms with Crippen molar-refractivity contribution in [1.82, 2.24) is 29.7 Å². The van der Waals surface area contributed by atoms with E-state index in [0.717, 1.165) is 37.4 Å². The van der Waals surface area contributed by atoms with Gasteiger partial charge in [0.1, 0.15) is 5.82 Å². The Morgan fingerprint density at radius 3 is 2.55 bits per heavy atom. The number of hydrogen-bond donors (Lipinski definition) is 0. The number of halogens is 3. The third-order valence-electron chi connectivity index (χ3n) is 8.74. The van der Waals surface area contributed by atoms with Gasteiger partial charge in [-0.2, -0.15) is 11.8 Å². The Balaban J connectivity index is 1.27. The number of amides is 2. The van der Waals surface area contributed by atoms with Crippen molar-refractivity contribution in [3.63, 3.8) is 0 Å². The number of carbonyl (C=O) groups is 2. The molecule has 44 heavy (non-hydrogen) atoms. The Hall–Kier alpha value is -2.66. The van der Waals surface area contributed by atoms with E-state index in [-0.39, 0.29) is 23.8 Å². The maximum absolute atomic E-state index is 14.4. The minimum Gasteiger partial charge on any atom is -0.340 e. The normalized spacial score (nSPS) is 19.7. The lowest BCUT2D eigenvalue weighted by Gasteiger charge is -2.45. The number of rotatable bonds is 8. The highest BCUT2D eigenvalue weighted by molar-refractivity contribution is 7.98. The van der Waals surface area contributed by atoms with Gasteiger partial charge in [-0.05, 0) is 74.4 Å². The van der Waals surface area contributed by atoms with Crippen LogP contribution in [-0.2, 0) is 11.3 Å². The number of thioether (sulfide) groups is 1. The maximum atomic E-state index is 14.4. The third kappa shape index (κ3) is 7.25. The molecule has 0 bridgehead atoms. The minimum atomic E-state index is -0.438. The molecule has 8 nitrogen and oxygen atoms in total. The second-order valence-corrected chi connectivity index (χ2v) is 14.1. The lowest BCUT2D eigenvalue weighted by molar-refractivity contribution is -0.136. The van der Waals surface area contributed by atoms with Crippen LogP contribution in [0.25, 0.3) is 11.1 Å². The summed E-state index contributed by atoms with van der Waals surface area (Å²) in [5.41, 5.74) is 1.94. The summed E-state index contributed by atoms with van der Waals surface area (Å²) in [5.74, 6) is 0.487. The summed E-state index contributed by atoms with van der Waals surface area (Å²) in [5, 5.41) is 9.64. The summed E-state index contributed by atoms with van der Waals surface area (Å²) in [4.78, 5) is 33.0. The highest BCUT2D eigenvalue weighted by Gasteiger charge is 2.39. The van der Waals surface area contributed by atoms with E-state index >= 15 is 0 Å². The first kappa shape index (κ1) is 32.7. The fourth-order valence-electron chi connectivity index (χ4n) is 6.08. The SMILES string of the molecule is CSCC(C)C(=O)N1CCN(Cc2cn(C3CCC(C)(C)N(C(=O)c4ccc(F)cc4-c4ccc(Cl)c(Cl)c4)C3)nn2)CC1. The van der Waals surface area contributed by atoms with Crippen molar-refractivity contribution < 1.29 is 14.0 Å². The summed E-state index contributed by atoms with van der Waals surface area (Å²) in [6, 6.07) is 9.21. The molecule has 0 saturated carbocycles. The van der Waals surface area contributed by atoms with Gasteiger partial charge in [0.05, 0.1) is 28.0 Å². The molecule has 5 rings (SSSR count). The standard InChI is InChI=1S/C32H39Cl2FN6O2S/c1-21(20-44-4)30(42)39-13-11-38(12-14-39)17-24-18-41(37-36-24)25-9-10-32(2,3)40(19-25)31(43)26-7-6-23(35)16-27(26)22-5-8-28(33)29(34)15-22/h5-8,15-16,18,21,25H,9-14,17,19-20H2,1-4H3. The lowest BCUT2D eigenvalue weighted by Crippen LogP contribution is -2.53. The van der Waals surface area contributed by atoms with Gasteiger partial charge in [-0.1, -0.05) is 41.4 Å². The van der Waals surface area contributed by atoms with E-state index in [1.807, 2.05) is 33.9 Å². The van der Waals surface area contributed by atoms with Crippen LogP contribution >= 0.6 is 35.0 Å². The summed E-state index contributed by atoms with van der Waals surface area (Å²) in [6.07, 6.45) is 5.62. The summed E-state index contributed by atoms with van der Waals surface area (Å²) in [7, 11) is 0. The van der Waals surface area contributed by atoms with Crippen LogP contribution in [0.2, 0.25) is 10.0 Å². The number of likely N-dealkylation sites (tertiary alicyclic amines) is 1. The van der Waals surface area contributed by atoms with Gasteiger partial charge in [-0.25, -0.2) is 9.07 Å². The first-order valence-corrected chi connectivity index (χ1v) is 17.1. The minimum absolute atomic E-state index is 0.0361. The van der Waals surface area contributed by atoms with Crippen LogP contribution in [-0.4, -0.2) is 91.8 Å². The molecule has 0 radical (unpaired) electrons. The van der Waals surface area contributed by atoms with Gasteiger partial charge in [-0.15, -0.1) is 5.10 Å². The number of benzene rings is 2. The van der Waals surface area contributed by atoms with Gasteiger partial charge in [0.2, 0.25) is 5.91 Å². The van der Waals surface area contributed by atoms with Crippen LogP contribution in [0.3, 0.4) is 0 Å². The molecule has 2 saturated heterocycles. The molecule has 0 spiro atoms. The second-order valence-electron chi connectivity index (χ2n) is 12.4. The Morgan fingerprint density at radius 1 is 1.09 bits per heavy atom. The largest absolute Gasteiger partial charge is 0.340 e. The molecule has 3 aromatic rings. The van der Waals surface area contributed by atoms with Crippen molar-refractivity contribution in [1.29, 1.82) is 0 Å². The number of carbonyl (C=O) groups excluding carboxylic acids is 2. The fraction of sp³-hybridized carbons (Fsp3) is 0.500. The molecular formula is C32H39Cl2FN6O2S. The van der Waals surface area contributed by atoms with Crippen LogP contribution in [0.15, 0.2) is 42.6 Å². The quantitative estimate of drug-likeness (QED) is 0.283. The number of aromatic nitrogens is 3. The molecule has 2 amide bonds. The molecule has 2 aliphatic rings. The van der Waals surface area contributed by atoms with Gasteiger partial charge in [-0.3, -0.25) is 14.5 Å². The Kier molecular flexibility index (Phi) is 10.2. The molecule has 2 atom stereocenters. The van der Waals surface area contributed by atoms with E-state index in [4.69, 9.17) is 23.2 Å². The van der Waals surface area contributed by atoms with Crippen LogP contribution < -0.4 is 0 Å². The Labute approximate surface area is 272 Å². The van der Waals surface area contributed by atoms with Crippen molar-refractivity contribution in [3.8, 4) is 11.1 Å². The number of piperidine rings is 1. The van der Waals surface area contributed by atoms with Crippen LogP contribution in [0, 0.1) is 11.7 Å². The molecule has 236 valence electrons. The summed E-state index contributed by atoms with van der Waals surface area (Å²) in [6.45, 7) is 10.2. The zero-order valence-corrected chi connectivity index (χ0v) is 27.9. The second kappa shape index (κ2) is 13.8.